The third-order valence-corrected chi connectivity index (χ3v) is 6.64. The third kappa shape index (κ3) is 3.80. The molecule has 1 amide bonds. The predicted octanol–water partition coefficient (Wildman–Crippen LogP) is 3.91. The minimum absolute atomic E-state index is 0.0960. The van der Waals surface area contributed by atoms with Gasteiger partial charge in [0.1, 0.15) is 0 Å². The van der Waals surface area contributed by atoms with Gasteiger partial charge in [0, 0.05) is 30.3 Å². The van der Waals surface area contributed by atoms with Crippen molar-refractivity contribution in [2.24, 2.45) is 5.92 Å². The van der Waals surface area contributed by atoms with Crippen LogP contribution in [0.4, 0.5) is 0 Å². The zero-order chi connectivity index (χ0) is 20.5. The molecular weight excluding hydrogens is 366 g/mol. The third-order valence-electron chi connectivity index (χ3n) is 6.64. The SMILES string of the molecule is Cc1nn(-c2ccc(C(=O)N3CCCC3C3CCC3)cc2)c(C)c1CCC(=O)O. The van der Waals surface area contributed by atoms with Gasteiger partial charge in [-0.1, -0.05) is 6.42 Å². The Balaban J connectivity index is 1.51. The van der Waals surface area contributed by atoms with Crippen molar-refractivity contribution in [1.29, 1.82) is 0 Å². The molecule has 4 rings (SSSR count). The molecule has 2 aliphatic rings. The summed E-state index contributed by atoms with van der Waals surface area (Å²) in [5, 5.41) is 13.6. The number of carboxylic acids is 1. The number of likely N-dealkylation sites (tertiary alicyclic amines) is 1. The molecule has 2 aromatic rings. The number of carboxylic acid groups (broad SMARTS) is 1. The molecule has 6 heteroatoms. The van der Waals surface area contributed by atoms with E-state index < -0.39 is 5.97 Å². The van der Waals surface area contributed by atoms with E-state index in [1.54, 1.807) is 0 Å². The Kier molecular flexibility index (Phi) is 5.43. The van der Waals surface area contributed by atoms with E-state index in [2.05, 4.69) is 10.00 Å². The number of hydrogen-bond donors (Lipinski definition) is 1. The molecular formula is C23H29N3O3. The lowest BCUT2D eigenvalue weighted by atomic mass is 9.78. The number of carbonyl (C=O) groups excluding carboxylic acids is 1. The maximum absolute atomic E-state index is 13.1. The Labute approximate surface area is 171 Å². The standard InChI is InChI=1S/C23H29N3O3/c1-15-20(12-13-22(27)28)16(2)26(24-15)19-10-8-18(9-11-19)23(29)25-14-4-7-21(25)17-5-3-6-17/h8-11,17,21H,3-7,12-14H2,1-2H3,(H,27,28). The highest BCUT2D eigenvalue weighted by molar-refractivity contribution is 5.94. The van der Waals surface area contributed by atoms with Crippen LogP contribution in [0.3, 0.4) is 0 Å². The van der Waals surface area contributed by atoms with Crippen molar-refractivity contribution in [2.75, 3.05) is 6.54 Å². The highest BCUT2D eigenvalue weighted by Gasteiger charge is 2.37. The Morgan fingerprint density at radius 1 is 1.10 bits per heavy atom. The summed E-state index contributed by atoms with van der Waals surface area (Å²) in [4.78, 5) is 26.1. The van der Waals surface area contributed by atoms with E-state index in [-0.39, 0.29) is 12.3 Å². The minimum Gasteiger partial charge on any atom is -0.481 e. The molecule has 2 heterocycles. The van der Waals surface area contributed by atoms with Crippen LogP contribution in [0.25, 0.3) is 5.69 Å². The maximum Gasteiger partial charge on any atom is 0.303 e. The van der Waals surface area contributed by atoms with Crippen LogP contribution >= 0.6 is 0 Å². The summed E-state index contributed by atoms with van der Waals surface area (Å²) in [6.07, 6.45) is 6.63. The number of aliphatic carboxylic acids is 1. The van der Waals surface area contributed by atoms with E-state index >= 15 is 0 Å². The first-order valence-electron chi connectivity index (χ1n) is 10.6. The summed E-state index contributed by atoms with van der Waals surface area (Å²) >= 11 is 0. The molecule has 154 valence electrons. The number of hydrogen-bond acceptors (Lipinski definition) is 3. The summed E-state index contributed by atoms with van der Waals surface area (Å²) in [5.74, 6) is 0.0302. The van der Waals surface area contributed by atoms with Gasteiger partial charge in [0.15, 0.2) is 0 Å². The van der Waals surface area contributed by atoms with Gasteiger partial charge in [0.05, 0.1) is 11.4 Å². The molecule has 1 aromatic carbocycles. The van der Waals surface area contributed by atoms with Crippen LogP contribution in [-0.2, 0) is 11.2 Å². The number of benzene rings is 1. The molecule has 1 saturated heterocycles. The number of rotatable bonds is 6. The Morgan fingerprint density at radius 2 is 1.83 bits per heavy atom. The molecule has 1 aromatic heterocycles. The summed E-state index contributed by atoms with van der Waals surface area (Å²) in [6, 6.07) is 8.07. The highest BCUT2D eigenvalue weighted by Crippen LogP contribution is 2.37. The van der Waals surface area contributed by atoms with Crippen molar-refractivity contribution in [1.82, 2.24) is 14.7 Å². The molecule has 0 bridgehead atoms. The zero-order valence-electron chi connectivity index (χ0n) is 17.2. The average Bonchev–Trinajstić information content (AvgIpc) is 3.23. The van der Waals surface area contributed by atoms with Gasteiger partial charge in [-0.2, -0.15) is 5.10 Å². The quantitative estimate of drug-likeness (QED) is 0.805. The van der Waals surface area contributed by atoms with Gasteiger partial charge >= 0.3 is 5.97 Å². The molecule has 1 aliphatic heterocycles. The number of aryl methyl sites for hydroxylation is 1. The van der Waals surface area contributed by atoms with Crippen LogP contribution < -0.4 is 0 Å². The van der Waals surface area contributed by atoms with Gasteiger partial charge in [-0.3, -0.25) is 9.59 Å². The number of carbonyl (C=O) groups is 2. The lowest BCUT2D eigenvalue weighted by molar-refractivity contribution is -0.136. The Hall–Kier alpha value is -2.63. The molecule has 0 radical (unpaired) electrons. The molecule has 1 unspecified atom stereocenters. The van der Waals surface area contributed by atoms with E-state index in [0.717, 1.165) is 47.6 Å². The fraction of sp³-hybridized carbons (Fsp3) is 0.522. The van der Waals surface area contributed by atoms with Crippen LogP contribution in [0.15, 0.2) is 24.3 Å². The topological polar surface area (TPSA) is 75.4 Å². The first-order valence-corrected chi connectivity index (χ1v) is 10.6. The second-order valence-corrected chi connectivity index (χ2v) is 8.40. The predicted molar refractivity (Wildman–Crippen MR) is 110 cm³/mol. The number of nitrogens with zero attached hydrogens (tertiary/aromatic N) is 3. The number of aromatic nitrogens is 2. The second-order valence-electron chi connectivity index (χ2n) is 8.40. The van der Waals surface area contributed by atoms with Crippen LogP contribution in [0.5, 0.6) is 0 Å². The van der Waals surface area contributed by atoms with Crippen molar-refractivity contribution in [2.45, 2.75) is 64.8 Å². The van der Waals surface area contributed by atoms with Crippen molar-refractivity contribution < 1.29 is 14.7 Å². The fourth-order valence-corrected chi connectivity index (χ4v) is 4.79. The largest absolute Gasteiger partial charge is 0.481 e. The van der Waals surface area contributed by atoms with Crippen molar-refractivity contribution in [3.63, 3.8) is 0 Å². The van der Waals surface area contributed by atoms with Gasteiger partial charge in [-0.15, -0.1) is 0 Å². The molecule has 6 nitrogen and oxygen atoms in total. The molecule has 1 aliphatic carbocycles. The van der Waals surface area contributed by atoms with Crippen molar-refractivity contribution >= 4 is 11.9 Å². The summed E-state index contributed by atoms with van der Waals surface area (Å²) in [7, 11) is 0. The van der Waals surface area contributed by atoms with E-state index in [4.69, 9.17) is 5.11 Å². The van der Waals surface area contributed by atoms with Gasteiger partial charge in [-0.25, -0.2) is 4.68 Å². The van der Waals surface area contributed by atoms with E-state index in [9.17, 15) is 9.59 Å². The summed E-state index contributed by atoms with van der Waals surface area (Å²) in [5.41, 5.74) is 4.40. The van der Waals surface area contributed by atoms with E-state index in [1.807, 2.05) is 42.8 Å². The monoisotopic (exact) mass is 395 g/mol. The highest BCUT2D eigenvalue weighted by atomic mass is 16.4. The summed E-state index contributed by atoms with van der Waals surface area (Å²) in [6.45, 7) is 4.74. The molecule has 29 heavy (non-hydrogen) atoms. The minimum atomic E-state index is -0.804. The Morgan fingerprint density at radius 3 is 2.45 bits per heavy atom. The van der Waals surface area contributed by atoms with E-state index in [1.165, 1.54) is 19.3 Å². The van der Waals surface area contributed by atoms with Gasteiger partial charge in [-0.05, 0) is 81.7 Å². The van der Waals surface area contributed by atoms with E-state index in [0.29, 0.717) is 18.4 Å². The van der Waals surface area contributed by atoms with Gasteiger partial charge < -0.3 is 10.0 Å². The molecule has 0 spiro atoms. The Bertz CT molecular complexity index is 912. The van der Waals surface area contributed by atoms with Crippen LogP contribution in [0.1, 0.15) is 65.8 Å². The van der Waals surface area contributed by atoms with Gasteiger partial charge in [0.25, 0.3) is 5.91 Å². The van der Waals surface area contributed by atoms with Crippen LogP contribution in [-0.4, -0.2) is 44.3 Å². The lowest BCUT2D eigenvalue weighted by Gasteiger charge is -2.37. The zero-order valence-corrected chi connectivity index (χ0v) is 17.2. The lowest BCUT2D eigenvalue weighted by Crippen LogP contribution is -2.42. The maximum atomic E-state index is 13.1. The van der Waals surface area contributed by atoms with Crippen molar-refractivity contribution in [3.05, 3.63) is 46.8 Å². The van der Waals surface area contributed by atoms with Gasteiger partial charge in [0.2, 0.25) is 0 Å². The smallest absolute Gasteiger partial charge is 0.303 e. The van der Waals surface area contributed by atoms with Crippen molar-refractivity contribution in [3.8, 4) is 5.69 Å². The summed E-state index contributed by atoms with van der Waals surface area (Å²) < 4.78 is 1.84. The molecule has 1 atom stereocenters. The average molecular weight is 396 g/mol. The number of amides is 1. The van der Waals surface area contributed by atoms with Crippen LogP contribution in [0.2, 0.25) is 0 Å². The molecule has 1 saturated carbocycles. The second kappa shape index (κ2) is 8.01. The fourth-order valence-electron chi connectivity index (χ4n) is 4.79. The molecule has 2 fully saturated rings. The first kappa shape index (κ1) is 19.7. The normalized spacial score (nSPS) is 19.4. The molecule has 1 N–H and O–H groups in total. The first-order chi connectivity index (χ1) is 14.0. The van der Waals surface area contributed by atoms with Crippen LogP contribution in [0, 0.1) is 19.8 Å².